The van der Waals surface area contributed by atoms with E-state index >= 15 is 4.39 Å². The maximum Gasteiger partial charge on any atom is 0.290 e. The summed E-state index contributed by atoms with van der Waals surface area (Å²) < 4.78 is 15.3. The first kappa shape index (κ1) is 31.8. The Balaban J connectivity index is 1.55. The van der Waals surface area contributed by atoms with Gasteiger partial charge in [0.25, 0.3) is 5.54 Å². The lowest BCUT2D eigenvalue weighted by Crippen LogP contribution is -2.52. The van der Waals surface area contributed by atoms with Gasteiger partial charge in [-0.1, -0.05) is 53.7 Å². The van der Waals surface area contributed by atoms with Crippen LogP contribution in [0.2, 0.25) is 0 Å². The van der Waals surface area contributed by atoms with Gasteiger partial charge in [-0.05, 0) is 40.5 Å². The number of rotatable bonds is 8. The molecular formula is C32H41FN4O4S. The molecule has 0 radical (unpaired) electrons. The van der Waals surface area contributed by atoms with Gasteiger partial charge in [0.2, 0.25) is 17.6 Å². The summed E-state index contributed by atoms with van der Waals surface area (Å²) in [6.07, 6.45) is -2.71. The first-order valence-electron chi connectivity index (χ1n) is 14.4. The van der Waals surface area contributed by atoms with Crippen LogP contribution in [0.15, 0.2) is 23.7 Å². The van der Waals surface area contributed by atoms with Crippen molar-refractivity contribution in [2.45, 2.75) is 104 Å². The number of aryl methyl sites for hydroxylation is 1. The van der Waals surface area contributed by atoms with Crippen LogP contribution in [0.25, 0.3) is 15.3 Å². The molecule has 226 valence electrons. The molecule has 2 aliphatic rings. The van der Waals surface area contributed by atoms with Gasteiger partial charge in [0, 0.05) is 25.8 Å². The highest BCUT2D eigenvalue weighted by atomic mass is 32.1. The number of Topliss-reactive ketones (excluding diaryl/α,β-unsaturated/α-hetero) is 1. The number of aromatic nitrogens is 1. The zero-order chi connectivity index (χ0) is 31.2. The van der Waals surface area contributed by atoms with Gasteiger partial charge in [-0.15, -0.1) is 11.3 Å². The SMILES string of the molecule is [C-]#[N+]C1(C(=O)C[C@H](C(=O)N2C[C@H](O)[C@H](F)[C@H]2C(=O)NCc2ccc(-c3scnc3C)cc2C(C)(C)C)C(C)(C)C)CC1. The number of β-amino-alcohol motifs (C(OH)–C–C–N with tert-alkyl or cyclic N) is 1. The number of nitrogens with zero attached hydrogens (tertiary/aromatic N) is 3. The van der Waals surface area contributed by atoms with E-state index in [1.54, 1.807) is 37.6 Å². The normalized spacial score (nSPS) is 22.4. The Bertz CT molecular complexity index is 1410. The fourth-order valence-corrected chi connectivity index (χ4v) is 6.46. The molecule has 2 N–H and O–H groups in total. The molecule has 1 aliphatic heterocycles. The van der Waals surface area contributed by atoms with E-state index in [1.807, 2.05) is 19.1 Å². The first-order valence-corrected chi connectivity index (χ1v) is 15.2. The van der Waals surface area contributed by atoms with Crippen molar-refractivity contribution in [2.75, 3.05) is 6.54 Å². The van der Waals surface area contributed by atoms with E-state index in [0.717, 1.165) is 32.2 Å². The quantitative estimate of drug-likeness (QED) is 0.417. The number of aliphatic hydroxyl groups excluding tert-OH is 1. The minimum absolute atomic E-state index is 0.115. The van der Waals surface area contributed by atoms with Gasteiger partial charge in [0.1, 0.15) is 12.1 Å². The highest BCUT2D eigenvalue weighted by Crippen LogP contribution is 2.44. The van der Waals surface area contributed by atoms with E-state index in [0.29, 0.717) is 12.8 Å². The molecule has 2 amide bonds. The number of hydrogen-bond acceptors (Lipinski definition) is 6. The Morgan fingerprint density at radius 2 is 1.90 bits per heavy atom. The number of likely N-dealkylation sites (tertiary alicyclic amines) is 1. The lowest BCUT2D eigenvalue weighted by molar-refractivity contribution is -0.147. The Morgan fingerprint density at radius 1 is 1.24 bits per heavy atom. The van der Waals surface area contributed by atoms with Crippen molar-refractivity contribution in [3.8, 4) is 10.4 Å². The van der Waals surface area contributed by atoms with Crippen molar-refractivity contribution in [3.05, 3.63) is 51.9 Å². The topological polar surface area (TPSA) is 104 Å². The Labute approximate surface area is 251 Å². The predicted octanol–water partition coefficient (Wildman–Crippen LogP) is 5.02. The highest BCUT2D eigenvalue weighted by molar-refractivity contribution is 7.13. The van der Waals surface area contributed by atoms with Gasteiger partial charge in [0.05, 0.1) is 28.5 Å². The molecular weight excluding hydrogens is 555 g/mol. The second-order valence-electron chi connectivity index (χ2n) is 13.7. The number of alkyl halides is 1. The van der Waals surface area contributed by atoms with Crippen LogP contribution in [0, 0.1) is 24.8 Å². The van der Waals surface area contributed by atoms with Crippen LogP contribution in [0.4, 0.5) is 4.39 Å². The molecule has 0 unspecified atom stereocenters. The van der Waals surface area contributed by atoms with Gasteiger partial charge >= 0.3 is 0 Å². The fourth-order valence-electron chi connectivity index (χ4n) is 5.66. The summed E-state index contributed by atoms with van der Waals surface area (Å²) in [7, 11) is 0. The molecule has 2 aromatic rings. The monoisotopic (exact) mass is 596 g/mol. The van der Waals surface area contributed by atoms with E-state index < -0.39 is 47.0 Å². The van der Waals surface area contributed by atoms with Crippen molar-refractivity contribution in [1.29, 1.82) is 0 Å². The predicted molar refractivity (Wildman–Crippen MR) is 160 cm³/mol. The van der Waals surface area contributed by atoms with Crippen molar-refractivity contribution in [1.82, 2.24) is 15.2 Å². The van der Waals surface area contributed by atoms with E-state index in [9.17, 15) is 19.5 Å². The molecule has 1 aromatic heterocycles. The zero-order valence-electron chi connectivity index (χ0n) is 25.5. The molecule has 4 atom stereocenters. The molecule has 8 nitrogen and oxygen atoms in total. The second-order valence-corrected chi connectivity index (χ2v) is 14.6. The number of amides is 2. The van der Waals surface area contributed by atoms with Gasteiger partial charge < -0.3 is 20.2 Å². The van der Waals surface area contributed by atoms with Crippen LogP contribution in [-0.2, 0) is 26.3 Å². The number of benzene rings is 1. The molecule has 2 fully saturated rings. The van der Waals surface area contributed by atoms with Crippen molar-refractivity contribution in [3.63, 3.8) is 0 Å². The molecule has 0 bridgehead atoms. The number of ketones is 1. The standard InChI is InChI=1S/C32H41FN4O4S/c1-18-27(42-17-36-18)19-9-10-20(21(13-19)30(2,3)4)15-35-28(40)26-25(33)23(38)16-37(26)29(41)22(31(5,6)7)14-24(39)32(34-8)11-12-32/h9-10,13,17,22-23,25-26,38H,11-12,14-16H2,1-7H3,(H,35,40)/t22-,23+,25+,26+/m1/s1. The minimum atomic E-state index is -1.97. The number of thiazole rings is 1. The molecule has 1 aliphatic carbocycles. The van der Waals surface area contributed by atoms with Crippen molar-refractivity contribution in [2.24, 2.45) is 11.3 Å². The number of hydrogen-bond donors (Lipinski definition) is 2. The summed E-state index contributed by atoms with van der Waals surface area (Å²) in [6.45, 7) is 20.8. The Kier molecular flexibility index (Phi) is 8.69. The number of carbonyl (C=O) groups excluding carboxylic acids is 3. The lowest BCUT2D eigenvalue weighted by atomic mass is 9.76. The molecule has 1 aromatic carbocycles. The van der Waals surface area contributed by atoms with Gasteiger partial charge in [0.15, 0.2) is 6.17 Å². The Hall–Kier alpha value is -3.16. The van der Waals surface area contributed by atoms with Crippen molar-refractivity contribution < 1.29 is 23.9 Å². The number of aliphatic hydroxyl groups is 1. The van der Waals surface area contributed by atoms with Gasteiger partial charge in [-0.3, -0.25) is 14.4 Å². The molecule has 42 heavy (non-hydrogen) atoms. The minimum Gasteiger partial charge on any atom is -0.388 e. The van der Waals surface area contributed by atoms with Crippen LogP contribution in [-0.4, -0.2) is 63.0 Å². The van der Waals surface area contributed by atoms with Crippen LogP contribution >= 0.6 is 11.3 Å². The summed E-state index contributed by atoms with van der Waals surface area (Å²) in [5, 5.41) is 13.2. The third kappa shape index (κ3) is 6.28. The molecule has 1 saturated heterocycles. The molecule has 1 saturated carbocycles. The molecule has 4 rings (SSSR count). The molecule has 0 spiro atoms. The Morgan fingerprint density at radius 3 is 2.43 bits per heavy atom. The van der Waals surface area contributed by atoms with E-state index in [-0.39, 0.29) is 30.7 Å². The lowest BCUT2D eigenvalue weighted by Gasteiger charge is -2.34. The van der Waals surface area contributed by atoms with Gasteiger partial charge in [-0.25, -0.2) is 15.9 Å². The summed E-state index contributed by atoms with van der Waals surface area (Å²) >= 11 is 1.56. The average molecular weight is 597 g/mol. The van der Waals surface area contributed by atoms with Crippen LogP contribution in [0.1, 0.15) is 77.6 Å². The summed E-state index contributed by atoms with van der Waals surface area (Å²) in [6, 6.07) is 4.49. The van der Waals surface area contributed by atoms with Crippen LogP contribution in [0.5, 0.6) is 0 Å². The number of nitrogens with one attached hydrogen (secondary N) is 1. The molecule has 2 heterocycles. The highest BCUT2D eigenvalue weighted by Gasteiger charge is 2.59. The second kappa shape index (κ2) is 11.5. The van der Waals surface area contributed by atoms with Crippen molar-refractivity contribution >= 4 is 28.9 Å². The largest absolute Gasteiger partial charge is 0.388 e. The molecule has 10 heteroatoms. The zero-order valence-corrected chi connectivity index (χ0v) is 26.3. The first-order chi connectivity index (χ1) is 19.5. The van der Waals surface area contributed by atoms with E-state index in [4.69, 9.17) is 6.57 Å². The third-order valence-corrected chi connectivity index (χ3v) is 9.49. The van der Waals surface area contributed by atoms with Gasteiger partial charge in [-0.2, -0.15) is 0 Å². The third-order valence-electron chi connectivity index (χ3n) is 8.51. The van der Waals surface area contributed by atoms with E-state index in [1.165, 1.54) is 0 Å². The number of carbonyl (C=O) groups is 3. The van der Waals surface area contributed by atoms with Crippen LogP contribution < -0.4 is 5.32 Å². The number of halogens is 1. The maximum atomic E-state index is 15.3. The summed E-state index contributed by atoms with van der Waals surface area (Å²) in [4.78, 5) is 50.3. The summed E-state index contributed by atoms with van der Waals surface area (Å²) in [5.41, 5.74) is 3.66. The fraction of sp³-hybridized carbons (Fsp3) is 0.594. The van der Waals surface area contributed by atoms with Crippen LogP contribution in [0.3, 0.4) is 0 Å². The smallest absolute Gasteiger partial charge is 0.290 e. The maximum absolute atomic E-state index is 15.3. The summed E-state index contributed by atoms with van der Waals surface area (Å²) in [5.74, 6) is -2.42. The average Bonchev–Trinajstić information content (AvgIpc) is 3.51. The van der Waals surface area contributed by atoms with E-state index in [2.05, 4.69) is 42.0 Å².